The third kappa shape index (κ3) is 3.50. The van der Waals surface area contributed by atoms with Crippen LogP contribution < -0.4 is 0 Å². The Bertz CT molecular complexity index is 516. The summed E-state index contributed by atoms with van der Waals surface area (Å²) in [6.07, 6.45) is 18.4. The van der Waals surface area contributed by atoms with E-state index in [0.29, 0.717) is 0 Å². The van der Waals surface area contributed by atoms with Gasteiger partial charge in [-0.3, -0.25) is 0 Å². The lowest BCUT2D eigenvalue weighted by Crippen LogP contribution is -2.10. The third-order valence-electron chi connectivity index (χ3n) is 4.59. The molecule has 0 aromatic heterocycles. The highest BCUT2D eigenvalue weighted by atomic mass is 14.2. The predicted octanol–water partition coefficient (Wildman–Crippen LogP) is 5.62. The second-order valence-electron chi connectivity index (χ2n) is 6.06. The van der Waals surface area contributed by atoms with Crippen LogP contribution in [-0.2, 0) is 6.42 Å². The van der Waals surface area contributed by atoms with Crippen molar-refractivity contribution in [1.82, 2.24) is 0 Å². The van der Waals surface area contributed by atoms with E-state index in [4.69, 9.17) is 0 Å². The molecule has 1 unspecified atom stereocenters. The Labute approximate surface area is 122 Å². The molecule has 0 radical (unpaired) electrons. The largest absolute Gasteiger partial charge is 0.0845 e. The van der Waals surface area contributed by atoms with Gasteiger partial charge in [0.25, 0.3) is 0 Å². The normalized spacial score (nSPS) is 22.9. The minimum Gasteiger partial charge on any atom is -0.0845 e. The SMILES string of the molecule is C1=CCCCC(C2CC=C(Cc3ccccc3)CC2)=C1. The van der Waals surface area contributed by atoms with Gasteiger partial charge >= 0.3 is 0 Å². The van der Waals surface area contributed by atoms with Crippen LogP contribution in [0.5, 0.6) is 0 Å². The number of benzene rings is 1. The van der Waals surface area contributed by atoms with Crippen LogP contribution in [0.2, 0.25) is 0 Å². The molecule has 3 rings (SSSR count). The first-order valence-corrected chi connectivity index (χ1v) is 7.99. The standard InChI is InChI=1S/C20H24/c1-2-7-11-19(10-6-1)20-14-12-18(13-15-20)16-17-8-4-3-5-9-17/h1,3-6,8-10,12,20H,2,7,11,13-16H2. The smallest absolute Gasteiger partial charge is 0.00671 e. The van der Waals surface area contributed by atoms with E-state index in [0.717, 1.165) is 12.3 Å². The molecule has 0 saturated heterocycles. The van der Waals surface area contributed by atoms with Gasteiger partial charge in [0.2, 0.25) is 0 Å². The van der Waals surface area contributed by atoms with Crippen molar-refractivity contribution in [2.24, 2.45) is 5.92 Å². The van der Waals surface area contributed by atoms with E-state index in [9.17, 15) is 0 Å². The van der Waals surface area contributed by atoms with Crippen LogP contribution >= 0.6 is 0 Å². The zero-order chi connectivity index (χ0) is 13.6. The maximum Gasteiger partial charge on any atom is -0.00671 e. The highest BCUT2D eigenvalue weighted by molar-refractivity contribution is 5.25. The van der Waals surface area contributed by atoms with E-state index in [-0.39, 0.29) is 0 Å². The van der Waals surface area contributed by atoms with Crippen molar-refractivity contribution in [1.29, 1.82) is 0 Å². The van der Waals surface area contributed by atoms with Crippen molar-refractivity contribution in [2.45, 2.75) is 44.9 Å². The van der Waals surface area contributed by atoms with Crippen LogP contribution in [0.1, 0.15) is 44.1 Å². The fourth-order valence-electron chi connectivity index (χ4n) is 3.38. The van der Waals surface area contributed by atoms with Gasteiger partial charge in [-0.1, -0.05) is 65.8 Å². The van der Waals surface area contributed by atoms with Crippen molar-refractivity contribution >= 4 is 0 Å². The minimum atomic E-state index is 0.803. The summed E-state index contributed by atoms with van der Waals surface area (Å²) in [5.74, 6) is 0.803. The summed E-state index contributed by atoms with van der Waals surface area (Å²) in [7, 11) is 0. The molecule has 0 amide bonds. The lowest BCUT2D eigenvalue weighted by molar-refractivity contribution is 0.514. The Hall–Kier alpha value is -1.56. The summed E-state index contributed by atoms with van der Waals surface area (Å²) in [6.45, 7) is 0. The molecule has 0 heteroatoms. The van der Waals surface area contributed by atoms with Gasteiger partial charge in [0.05, 0.1) is 0 Å². The first-order valence-electron chi connectivity index (χ1n) is 7.99. The van der Waals surface area contributed by atoms with Gasteiger partial charge in [0.15, 0.2) is 0 Å². The molecule has 104 valence electrons. The summed E-state index contributed by atoms with van der Waals surface area (Å²) in [5, 5.41) is 0. The van der Waals surface area contributed by atoms with Crippen molar-refractivity contribution in [3.63, 3.8) is 0 Å². The molecule has 2 aliphatic rings. The topological polar surface area (TPSA) is 0 Å². The fraction of sp³-hybridized carbons (Fsp3) is 0.400. The van der Waals surface area contributed by atoms with Gasteiger partial charge < -0.3 is 0 Å². The first kappa shape index (κ1) is 13.4. The van der Waals surface area contributed by atoms with Crippen LogP contribution in [0.4, 0.5) is 0 Å². The third-order valence-corrected chi connectivity index (χ3v) is 4.59. The number of hydrogen-bond donors (Lipinski definition) is 0. The van der Waals surface area contributed by atoms with E-state index >= 15 is 0 Å². The van der Waals surface area contributed by atoms with Crippen molar-refractivity contribution in [3.8, 4) is 0 Å². The van der Waals surface area contributed by atoms with Gasteiger partial charge in [-0.25, -0.2) is 0 Å². The van der Waals surface area contributed by atoms with Crippen LogP contribution in [0.3, 0.4) is 0 Å². The van der Waals surface area contributed by atoms with Crippen LogP contribution in [0.15, 0.2) is 65.8 Å². The lowest BCUT2D eigenvalue weighted by atomic mass is 9.81. The maximum absolute atomic E-state index is 2.51. The predicted molar refractivity (Wildman–Crippen MR) is 86.6 cm³/mol. The van der Waals surface area contributed by atoms with Gasteiger partial charge in [-0.15, -0.1) is 0 Å². The molecule has 0 fully saturated rings. The van der Waals surface area contributed by atoms with E-state index < -0.39 is 0 Å². The molecule has 0 bridgehead atoms. The first-order chi connectivity index (χ1) is 9.92. The molecule has 0 saturated carbocycles. The highest BCUT2D eigenvalue weighted by Gasteiger charge is 2.18. The molecule has 1 aromatic carbocycles. The summed E-state index contributed by atoms with van der Waals surface area (Å²) < 4.78 is 0. The van der Waals surface area contributed by atoms with E-state index in [1.807, 2.05) is 0 Å². The highest BCUT2D eigenvalue weighted by Crippen LogP contribution is 2.33. The monoisotopic (exact) mass is 264 g/mol. The quantitative estimate of drug-likeness (QED) is 0.621. The summed E-state index contributed by atoms with van der Waals surface area (Å²) >= 11 is 0. The molecule has 0 N–H and O–H groups in total. The number of rotatable bonds is 3. The fourth-order valence-corrected chi connectivity index (χ4v) is 3.38. The molecule has 0 aliphatic heterocycles. The van der Waals surface area contributed by atoms with E-state index in [2.05, 4.69) is 54.6 Å². The molecule has 0 spiro atoms. The molecule has 2 aliphatic carbocycles. The van der Waals surface area contributed by atoms with Gasteiger partial charge in [-0.2, -0.15) is 0 Å². The number of allylic oxidation sites excluding steroid dienone is 6. The van der Waals surface area contributed by atoms with Crippen LogP contribution in [0.25, 0.3) is 0 Å². The van der Waals surface area contributed by atoms with E-state index in [1.54, 1.807) is 11.1 Å². The second-order valence-corrected chi connectivity index (χ2v) is 6.06. The Morgan fingerprint density at radius 2 is 1.95 bits per heavy atom. The zero-order valence-electron chi connectivity index (χ0n) is 12.2. The van der Waals surface area contributed by atoms with Crippen LogP contribution in [0, 0.1) is 5.92 Å². The van der Waals surface area contributed by atoms with Gasteiger partial charge in [0, 0.05) is 0 Å². The molecular formula is C20H24. The van der Waals surface area contributed by atoms with E-state index in [1.165, 1.54) is 44.1 Å². The Kier molecular flexibility index (Phi) is 4.53. The van der Waals surface area contributed by atoms with Gasteiger partial charge in [0.1, 0.15) is 0 Å². The molecular weight excluding hydrogens is 240 g/mol. The zero-order valence-corrected chi connectivity index (χ0v) is 12.2. The average molecular weight is 264 g/mol. The molecule has 0 heterocycles. The molecule has 1 atom stereocenters. The van der Waals surface area contributed by atoms with Gasteiger partial charge in [-0.05, 0) is 56.4 Å². The Morgan fingerprint density at radius 3 is 2.75 bits per heavy atom. The summed E-state index contributed by atoms with van der Waals surface area (Å²) in [6, 6.07) is 10.9. The average Bonchev–Trinajstić information content (AvgIpc) is 2.78. The lowest BCUT2D eigenvalue weighted by Gasteiger charge is -2.24. The Morgan fingerprint density at radius 1 is 1.05 bits per heavy atom. The summed E-state index contributed by atoms with van der Waals surface area (Å²) in [5.41, 5.74) is 4.78. The van der Waals surface area contributed by atoms with Crippen molar-refractivity contribution in [3.05, 3.63) is 71.3 Å². The molecule has 20 heavy (non-hydrogen) atoms. The van der Waals surface area contributed by atoms with Crippen LogP contribution in [-0.4, -0.2) is 0 Å². The van der Waals surface area contributed by atoms with Crippen molar-refractivity contribution in [2.75, 3.05) is 0 Å². The molecule has 1 aromatic rings. The van der Waals surface area contributed by atoms with Crippen molar-refractivity contribution < 1.29 is 0 Å². The maximum atomic E-state index is 2.51. The molecule has 0 nitrogen and oxygen atoms in total. The summed E-state index contributed by atoms with van der Waals surface area (Å²) in [4.78, 5) is 0. The second kappa shape index (κ2) is 6.74. The minimum absolute atomic E-state index is 0.803. The number of hydrogen-bond acceptors (Lipinski definition) is 0. The Balaban J connectivity index is 1.60.